The molecule has 2 amide bonds. The average Bonchev–Trinajstić information content (AvgIpc) is 3.16. The molecule has 2 saturated heterocycles. The van der Waals surface area contributed by atoms with Gasteiger partial charge in [0.25, 0.3) is 11.8 Å². The Bertz CT molecular complexity index is 597. The van der Waals surface area contributed by atoms with E-state index in [1.165, 1.54) is 0 Å². The van der Waals surface area contributed by atoms with E-state index in [4.69, 9.17) is 10.5 Å². The molecular formula is C18H26ClN3O3. The predicted octanol–water partition coefficient (Wildman–Crippen LogP) is 2.04. The van der Waals surface area contributed by atoms with Crippen molar-refractivity contribution in [2.75, 3.05) is 31.6 Å². The Labute approximate surface area is 154 Å². The van der Waals surface area contributed by atoms with Crippen LogP contribution in [0, 0.1) is 5.92 Å². The molecule has 0 spiro atoms. The van der Waals surface area contributed by atoms with Crippen LogP contribution < -0.4 is 11.1 Å². The number of hydrogen-bond acceptors (Lipinski definition) is 4. The quantitative estimate of drug-likeness (QED) is 0.852. The molecule has 2 aliphatic rings. The van der Waals surface area contributed by atoms with Gasteiger partial charge in [0.05, 0.1) is 0 Å². The third-order valence-corrected chi connectivity index (χ3v) is 4.83. The van der Waals surface area contributed by atoms with Crippen LogP contribution in [0.3, 0.4) is 0 Å². The maximum Gasteiger partial charge on any atom is 0.253 e. The van der Waals surface area contributed by atoms with Crippen LogP contribution in [0.15, 0.2) is 24.3 Å². The molecule has 0 aromatic heterocycles. The number of benzene rings is 1. The summed E-state index contributed by atoms with van der Waals surface area (Å²) in [7, 11) is 0. The first kappa shape index (κ1) is 19.7. The number of carbonyl (C=O) groups excluding carboxylic acids is 2. The number of likely N-dealkylation sites (tertiary alicyclic amines) is 1. The summed E-state index contributed by atoms with van der Waals surface area (Å²) < 4.78 is 5.38. The van der Waals surface area contributed by atoms with Crippen LogP contribution in [0.4, 0.5) is 5.69 Å². The summed E-state index contributed by atoms with van der Waals surface area (Å²) in [6.45, 7) is 2.81. The molecule has 7 heteroatoms. The zero-order valence-corrected chi connectivity index (χ0v) is 15.1. The second-order valence-electron chi connectivity index (χ2n) is 6.54. The molecule has 3 rings (SSSR count). The van der Waals surface area contributed by atoms with E-state index in [1.54, 1.807) is 24.3 Å². The molecule has 0 aliphatic carbocycles. The van der Waals surface area contributed by atoms with Gasteiger partial charge in [-0.2, -0.15) is 0 Å². The maximum absolute atomic E-state index is 12.6. The van der Waals surface area contributed by atoms with Crippen LogP contribution in [0.5, 0.6) is 0 Å². The summed E-state index contributed by atoms with van der Waals surface area (Å²) >= 11 is 0. The minimum absolute atomic E-state index is 0. The van der Waals surface area contributed by atoms with Gasteiger partial charge in [-0.1, -0.05) is 6.07 Å². The summed E-state index contributed by atoms with van der Waals surface area (Å²) in [5.74, 6) is 0.394. The number of piperidine rings is 1. The smallest absolute Gasteiger partial charge is 0.253 e. The molecule has 2 aliphatic heterocycles. The van der Waals surface area contributed by atoms with Crippen molar-refractivity contribution < 1.29 is 14.3 Å². The lowest BCUT2D eigenvalue weighted by Crippen LogP contribution is -2.40. The van der Waals surface area contributed by atoms with Gasteiger partial charge in [-0.15, -0.1) is 12.4 Å². The van der Waals surface area contributed by atoms with Crippen molar-refractivity contribution in [3.05, 3.63) is 29.8 Å². The standard InChI is InChI=1S/C18H25N3O3.ClH/c19-12-13-6-8-21(9-7-13)18(23)14-3-1-4-15(11-14)20-17(22)16-5-2-10-24-16;/h1,3-4,11,13,16H,2,5-10,12,19H2,(H,20,22);1H. The minimum atomic E-state index is -0.375. The highest BCUT2D eigenvalue weighted by Crippen LogP contribution is 2.20. The Morgan fingerprint density at radius 2 is 2.00 bits per heavy atom. The van der Waals surface area contributed by atoms with Crippen molar-refractivity contribution >= 4 is 29.9 Å². The third-order valence-electron chi connectivity index (χ3n) is 4.83. The molecule has 138 valence electrons. The summed E-state index contributed by atoms with van der Waals surface area (Å²) in [6.07, 6.45) is 3.20. The second kappa shape index (κ2) is 9.17. The number of amides is 2. The average molecular weight is 368 g/mol. The van der Waals surface area contributed by atoms with Gasteiger partial charge >= 0.3 is 0 Å². The summed E-state index contributed by atoms with van der Waals surface area (Å²) in [5, 5.41) is 2.85. The Hall–Kier alpha value is -1.63. The van der Waals surface area contributed by atoms with Crippen LogP contribution in [0.1, 0.15) is 36.0 Å². The van der Waals surface area contributed by atoms with Gasteiger partial charge in [-0.25, -0.2) is 0 Å². The number of halogens is 1. The SMILES string of the molecule is Cl.NCC1CCN(C(=O)c2cccc(NC(=O)C3CCCO3)c2)CC1. The Kier molecular flexibility index (Phi) is 7.23. The van der Waals surface area contributed by atoms with Crippen LogP contribution in [-0.4, -0.2) is 49.1 Å². The zero-order valence-electron chi connectivity index (χ0n) is 14.3. The number of rotatable bonds is 4. The van der Waals surface area contributed by atoms with Crippen LogP contribution >= 0.6 is 12.4 Å². The normalized spacial score (nSPS) is 20.8. The fourth-order valence-electron chi connectivity index (χ4n) is 3.29. The van der Waals surface area contributed by atoms with Crippen LogP contribution in [-0.2, 0) is 9.53 Å². The lowest BCUT2D eigenvalue weighted by Gasteiger charge is -2.31. The first-order valence-corrected chi connectivity index (χ1v) is 8.69. The van der Waals surface area contributed by atoms with Crippen molar-refractivity contribution in [2.45, 2.75) is 31.8 Å². The van der Waals surface area contributed by atoms with Gasteiger partial charge in [0.15, 0.2) is 0 Å². The van der Waals surface area contributed by atoms with Crippen molar-refractivity contribution in [2.24, 2.45) is 11.7 Å². The van der Waals surface area contributed by atoms with Crippen molar-refractivity contribution in [1.29, 1.82) is 0 Å². The Morgan fingerprint density at radius 1 is 1.24 bits per heavy atom. The van der Waals surface area contributed by atoms with E-state index < -0.39 is 0 Å². The molecule has 0 bridgehead atoms. The molecule has 0 saturated carbocycles. The van der Waals surface area contributed by atoms with Gasteiger partial charge in [0, 0.05) is 30.9 Å². The number of anilines is 1. The molecule has 25 heavy (non-hydrogen) atoms. The fraction of sp³-hybridized carbons (Fsp3) is 0.556. The highest BCUT2D eigenvalue weighted by atomic mass is 35.5. The second-order valence-corrected chi connectivity index (χ2v) is 6.54. The predicted molar refractivity (Wildman–Crippen MR) is 99.0 cm³/mol. The molecule has 1 unspecified atom stereocenters. The number of carbonyl (C=O) groups is 2. The monoisotopic (exact) mass is 367 g/mol. The summed E-state index contributed by atoms with van der Waals surface area (Å²) in [5.41, 5.74) is 6.94. The Balaban J connectivity index is 0.00000225. The lowest BCUT2D eigenvalue weighted by molar-refractivity contribution is -0.124. The molecule has 0 radical (unpaired) electrons. The highest BCUT2D eigenvalue weighted by Gasteiger charge is 2.25. The van der Waals surface area contributed by atoms with E-state index in [-0.39, 0.29) is 30.3 Å². The highest BCUT2D eigenvalue weighted by molar-refractivity contribution is 5.98. The molecule has 1 aromatic carbocycles. The number of nitrogens with one attached hydrogen (secondary N) is 1. The molecule has 1 aromatic rings. The van der Waals surface area contributed by atoms with Crippen molar-refractivity contribution in [3.8, 4) is 0 Å². The van der Waals surface area contributed by atoms with Gasteiger partial charge in [0.2, 0.25) is 0 Å². The molecule has 1 atom stereocenters. The van der Waals surface area contributed by atoms with E-state index in [2.05, 4.69) is 5.32 Å². The Morgan fingerprint density at radius 3 is 2.64 bits per heavy atom. The number of hydrogen-bond donors (Lipinski definition) is 2. The van der Waals surface area contributed by atoms with Crippen LogP contribution in [0.2, 0.25) is 0 Å². The summed E-state index contributed by atoms with van der Waals surface area (Å²) in [4.78, 5) is 26.6. The summed E-state index contributed by atoms with van der Waals surface area (Å²) in [6, 6.07) is 7.12. The number of nitrogens with two attached hydrogens (primary N) is 1. The number of ether oxygens (including phenoxy) is 1. The minimum Gasteiger partial charge on any atom is -0.368 e. The van der Waals surface area contributed by atoms with Gasteiger partial charge in [-0.3, -0.25) is 9.59 Å². The van der Waals surface area contributed by atoms with Crippen LogP contribution in [0.25, 0.3) is 0 Å². The van der Waals surface area contributed by atoms with E-state index in [0.29, 0.717) is 30.3 Å². The zero-order chi connectivity index (χ0) is 16.9. The number of nitrogens with zero attached hydrogens (tertiary/aromatic N) is 1. The van der Waals surface area contributed by atoms with E-state index in [9.17, 15) is 9.59 Å². The molecule has 2 fully saturated rings. The van der Waals surface area contributed by atoms with Gasteiger partial charge in [0.1, 0.15) is 6.10 Å². The third kappa shape index (κ3) is 4.93. The van der Waals surface area contributed by atoms with Gasteiger partial charge in [-0.05, 0) is 56.3 Å². The lowest BCUT2D eigenvalue weighted by atomic mass is 9.96. The largest absolute Gasteiger partial charge is 0.368 e. The van der Waals surface area contributed by atoms with E-state index in [1.807, 2.05) is 4.90 Å². The van der Waals surface area contributed by atoms with E-state index in [0.717, 1.165) is 38.8 Å². The fourth-order valence-corrected chi connectivity index (χ4v) is 3.29. The first-order chi connectivity index (χ1) is 11.7. The molecular weight excluding hydrogens is 342 g/mol. The molecule has 2 heterocycles. The topological polar surface area (TPSA) is 84.7 Å². The van der Waals surface area contributed by atoms with E-state index >= 15 is 0 Å². The molecule has 3 N–H and O–H groups in total. The molecule has 6 nitrogen and oxygen atoms in total. The first-order valence-electron chi connectivity index (χ1n) is 8.69. The van der Waals surface area contributed by atoms with Crippen molar-refractivity contribution in [3.63, 3.8) is 0 Å². The maximum atomic E-state index is 12.6. The van der Waals surface area contributed by atoms with Crippen molar-refractivity contribution in [1.82, 2.24) is 4.90 Å². The van der Waals surface area contributed by atoms with Gasteiger partial charge < -0.3 is 20.7 Å².